The summed E-state index contributed by atoms with van der Waals surface area (Å²) in [5.74, 6) is -0.246. The molecule has 0 fully saturated rings. The monoisotopic (exact) mass is 344 g/mol. The molecule has 0 saturated carbocycles. The Kier molecular flexibility index (Phi) is 4.22. The summed E-state index contributed by atoms with van der Waals surface area (Å²) in [5, 5.41) is 12.1. The highest BCUT2D eigenvalue weighted by atomic mass is 35.5. The minimum Gasteiger partial charge on any atom is -0.478 e. The number of fused-ring (bicyclic) bond motifs is 1. The fourth-order valence-corrected chi connectivity index (χ4v) is 2.77. The van der Waals surface area contributed by atoms with E-state index in [2.05, 4.69) is 4.98 Å². The van der Waals surface area contributed by atoms with Gasteiger partial charge in [0, 0.05) is 33.2 Å². The number of carbonyl (C=O) groups excluding carboxylic acids is 1. The Labute approximate surface area is 142 Å². The third-order valence-electron chi connectivity index (χ3n) is 3.65. The molecule has 0 radical (unpaired) electrons. The van der Waals surface area contributed by atoms with E-state index >= 15 is 0 Å². The molecule has 0 bridgehead atoms. The molecule has 3 aromatic rings. The lowest BCUT2D eigenvalue weighted by Crippen LogP contribution is -2.13. The number of rotatable bonds is 5. The average molecular weight is 345 g/mol. The number of hydrogen-bond donors (Lipinski definition) is 1. The maximum absolute atomic E-state index is 12.5. The number of para-hydroxylation sites is 1. The van der Waals surface area contributed by atoms with Crippen molar-refractivity contribution < 1.29 is 14.5 Å². The largest absolute Gasteiger partial charge is 0.478 e. The van der Waals surface area contributed by atoms with Gasteiger partial charge in [-0.05, 0) is 25.1 Å². The lowest BCUT2D eigenvalue weighted by molar-refractivity contribution is -0.385. The van der Waals surface area contributed by atoms with Crippen LogP contribution in [0.5, 0.6) is 5.75 Å². The maximum Gasteiger partial charge on any atom is 0.312 e. The number of aromatic nitrogens is 1. The SMILES string of the molecule is Cc1[nH]c2ccccc2c1C(=O)COc1ccc(Cl)cc1[N+](=O)[O-]. The number of ketones is 1. The molecule has 122 valence electrons. The molecule has 0 aliphatic rings. The molecule has 0 aliphatic carbocycles. The van der Waals surface area contributed by atoms with Gasteiger partial charge in [-0.3, -0.25) is 14.9 Å². The van der Waals surface area contributed by atoms with Crippen LogP contribution in [0.4, 0.5) is 5.69 Å². The van der Waals surface area contributed by atoms with Crippen LogP contribution in [-0.4, -0.2) is 22.3 Å². The number of benzene rings is 2. The first-order chi connectivity index (χ1) is 11.5. The summed E-state index contributed by atoms with van der Waals surface area (Å²) in [4.78, 5) is 26.1. The van der Waals surface area contributed by atoms with Crippen LogP contribution in [0.15, 0.2) is 42.5 Å². The van der Waals surface area contributed by atoms with Crippen molar-refractivity contribution in [1.82, 2.24) is 4.98 Å². The maximum atomic E-state index is 12.5. The van der Waals surface area contributed by atoms with Crippen molar-refractivity contribution in [3.05, 3.63) is 68.9 Å². The van der Waals surface area contributed by atoms with E-state index in [0.29, 0.717) is 5.56 Å². The van der Waals surface area contributed by atoms with Gasteiger partial charge in [0.05, 0.1) is 4.92 Å². The van der Waals surface area contributed by atoms with E-state index in [4.69, 9.17) is 16.3 Å². The number of ether oxygens (including phenoxy) is 1. The molecule has 1 aromatic heterocycles. The molecule has 2 aromatic carbocycles. The fourth-order valence-electron chi connectivity index (χ4n) is 2.61. The van der Waals surface area contributed by atoms with Crippen LogP contribution in [0, 0.1) is 17.0 Å². The Hall–Kier alpha value is -2.86. The van der Waals surface area contributed by atoms with Crippen LogP contribution in [0.1, 0.15) is 16.1 Å². The number of aromatic amines is 1. The van der Waals surface area contributed by atoms with Gasteiger partial charge in [0.1, 0.15) is 0 Å². The summed E-state index contributed by atoms with van der Waals surface area (Å²) in [7, 11) is 0. The van der Waals surface area contributed by atoms with Crippen molar-refractivity contribution in [2.45, 2.75) is 6.92 Å². The summed E-state index contributed by atoms with van der Waals surface area (Å²) in [5.41, 5.74) is 1.85. The van der Waals surface area contributed by atoms with Gasteiger partial charge in [-0.1, -0.05) is 29.8 Å². The van der Waals surface area contributed by atoms with Gasteiger partial charge in [-0.25, -0.2) is 0 Å². The number of nitro groups is 1. The van der Waals surface area contributed by atoms with Crippen LogP contribution in [0.25, 0.3) is 10.9 Å². The number of aryl methyl sites for hydroxylation is 1. The molecule has 24 heavy (non-hydrogen) atoms. The number of nitrogens with zero attached hydrogens (tertiary/aromatic N) is 1. The number of carbonyl (C=O) groups is 1. The standard InChI is InChI=1S/C17H13ClN2O4/c1-10-17(12-4-2-3-5-13(12)19-10)15(21)9-24-16-7-6-11(18)8-14(16)20(22)23/h2-8,19H,9H2,1H3. The normalized spacial score (nSPS) is 10.8. The van der Waals surface area contributed by atoms with E-state index in [0.717, 1.165) is 16.6 Å². The van der Waals surface area contributed by atoms with Gasteiger partial charge in [-0.2, -0.15) is 0 Å². The van der Waals surface area contributed by atoms with Gasteiger partial charge in [0.25, 0.3) is 0 Å². The third kappa shape index (κ3) is 2.96. The zero-order chi connectivity index (χ0) is 17.3. The van der Waals surface area contributed by atoms with E-state index in [1.807, 2.05) is 24.3 Å². The molecule has 0 aliphatic heterocycles. The molecule has 0 atom stereocenters. The van der Waals surface area contributed by atoms with E-state index in [1.54, 1.807) is 6.92 Å². The van der Waals surface area contributed by atoms with Crippen molar-refractivity contribution >= 4 is 34.0 Å². The minimum absolute atomic E-state index is 0.00949. The predicted molar refractivity (Wildman–Crippen MR) is 91.0 cm³/mol. The molecule has 0 saturated heterocycles. The summed E-state index contributed by atoms with van der Waals surface area (Å²) < 4.78 is 5.38. The molecule has 3 rings (SSSR count). The molecule has 1 heterocycles. The first-order valence-corrected chi connectivity index (χ1v) is 7.52. The van der Waals surface area contributed by atoms with Crippen molar-refractivity contribution in [1.29, 1.82) is 0 Å². The van der Waals surface area contributed by atoms with Crippen LogP contribution < -0.4 is 4.74 Å². The second kappa shape index (κ2) is 6.33. The molecule has 7 heteroatoms. The van der Waals surface area contributed by atoms with Gasteiger partial charge in [-0.15, -0.1) is 0 Å². The first-order valence-electron chi connectivity index (χ1n) is 7.14. The number of hydrogen-bond acceptors (Lipinski definition) is 4. The topological polar surface area (TPSA) is 85.2 Å². The van der Waals surface area contributed by atoms with Crippen molar-refractivity contribution in [3.63, 3.8) is 0 Å². The average Bonchev–Trinajstić information content (AvgIpc) is 2.89. The van der Waals surface area contributed by atoms with Crippen LogP contribution in [-0.2, 0) is 0 Å². The fraction of sp³-hybridized carbons (Fsp3) is 0.118. The highest BCUT2D eigenvalue weighted by Crippen LogP contribution is 2.30. The Balaban J connectivity index is 1.86. The molecule has 0 unspecified atom stereocenters. The Bertz CT molecular complexity index is 949. The number of H-pyrrole nitrogens is 1. The number of halogens is 1. The molecular formula is C17H13ClN2O4. The first kappa shape index (κ1) is 16.0. The lowest BCUT2D eigenvalue weighted by atomic mass is 10.1. The van der Waals surface area contributed by atoms with Crippen LogP contribution in [0.3, 0.4) is 0 Å². The van der Waals surface area contributed by atoms with Gasteiger partial charge >= 0.3 is 5.69 Å². The zero-order valence-corrected chi connectivity index (χ0v) is 13.5. The summed E-state index contributed by atoms with van der Waals surface area (Å²) in [6.45, 7) is 1.50. The van der Waals surface area contributed by atoms with Crippen LogP contribution in [0.2, 0.25) is 5.02 Å². The molecule has 0 spiro atoms. The highest BCUT2D eigenvalue weighted by Gasteiger charge is 2.20. The lowest BCUT2D eigenvalue weighted by Gasteiger charge is -2.07. The minimum atomic E-state index is -0.595. The Morgan fingerprint density at radius 3 is 2.79 bits per heavy atom. The summed E-state index contributed by atoms with van der Waals surface area (Å²) in [6.07, 6.45) is 0. The van der Waals surface area contributed by atoms with Gasteiger partial charge in [0.15, 0.2) is 12.4 Å². The van der Waals surface area contributed by atoms with Gasteiger partial charge in [0.2, 0.25) is 5.78 Å². The third-order valence-corrected chi connectivity index (χ3v) is 3.88. The van der Waals surface area contributed by atoms with Crippen molar-refractivity contribution in [3.8, 4) is 5.75 Å². The number of Topliss-reactive ketones (excluding diaryl/α,β-unsaturated/α-hetero) is 1. The molecular weight excluding hydrogens is 332 g/mol. The van der Waals surface area contributed by atoms with Crippen LogP contribution >= 0.6 is 11.6 Å². The molecule has 1 N–H and O–H groups in total. The number of nitrogens with one attached hydrogen (secondary N) is 1. The summed E-state index contributed by atoms with van der Waals surface area (Å²) in [6, 6.07) is 11.5. The smallest absolute Gasteiger partial charge is 0.312 e. The Morgan fingerprint density at radius 2 is 2.04 bits per heavy atom. The number of nitro benzene ring substituents is 1. The predicted octanol–water partition coefficient (Wildman–Crippen LogP) is 4.30. The van der Waals surface area contributed by atoms with E-state index in [1.165, 1.54) is 18.2 Å². The summed E-state index contributed by atoms with van der Waals surface area (Å²) >= 11 is 5.76. The van der Waals surface area contributed by atoms with E-state index in [9.17, 15) is 14.9 Å². The second-order valence-corrected chi connectivity index (χ2v) is 5.69. The quantitative estimate of drug-likeness (QED) is 0.425. The van der Waals surface area contributed by atoms with E-state index < -0.39 is 4.92 Å². The molecule has 0 amide bonds. The van der Waals surface area contributed by atoms with E-state index in [-0.39, 0.29) is 28.8 Å². The van der Waals surface area contributed by atoms with Crippen molar-refractivity contribution in [2.75, 3.05) is 6.61 Å². The zero-order valence-electron chi connectivity index (χ0n) is 12.7. The van der Waals surface area contributed by atoms with Crippen molar-refractivity contribution in [2.24, 2.45) is 0 Å². The molecule has 6 nitrogen and oxygen atoms in total. The second-order valence-electron chi connectivity index (χ2n) is 5.25. The highest BCUT2D eigenvalue weighted by molar-refractivity contribution is 6.30. The van der Waals surface area contributed by atoms with Gasteiger partial charge < -0.3 is 9.72 Å². The Morgan fingerprint density at radius 1 is 1.29 bits per heavy atom.